The van der Waals surface area contributed by atoms with Crippen molar-refractivity contribution in [1.29, 1.82) is 0 Å². The van der Waals surface area contributed by atoms with Crippen molar-refractivity contribution in [2.75, 3.05) is 6.54 Å². The summed E-state index contributed by atoms with van der Waals surface area (Å²) in [4.78, 5) is 16.6. The van der Waals surface area contributed by atoms with Gasteiger partial charge in [0.1, 0.15) is 12.7 Å². The van der Waals surface area contributed by atoms with Crippen LogP contribution in [0.1, 0.15) is 35.6 Å². The lowest BCUT2D eigenvalue weighted by Crippen LogP contribution is -2.38. The Morgan fingerprint density at radius 1 is 1.13 bits per heavy atom. The number of aromatic nitrogens is 3. The third-order valence-corrected chi connectivity index (χ3v) is 6.48. The summed E-state index contributed by atoms with van der Waals surface area (Å²) in [6, 6.07) is 14.1. The smallest absolute Gasteiger partial charge is 0.240 e. The Balaban J connectivity index is 1.65. The highest BCUT2D eigenvalue weighted by atomic mass is 32.2. The van der Waals surface area contributed by atoms with E-state index in [1.54, 1.807) is 30.1 Å². The van der Waals surface area contributed by atoms with E-state index < -0.39 is 16.1 Å². The quantitative estimate of drug-likeness (QED) is 0.503. The lowest BCUT2D eigenvalue weighted by atomic mass is 10.1. The maximum Gasteiger partial charge on any atom is 0.240 e. The fourth-order valence-corrected chi connectivity index (χ4v) is 4.60. The summed E-state index contributed by atoms with van der Waals surface area (Å²) in [6.45, 7) is 4.32. The van der Waals surface area contributed by atoms with E-state index in [1.807, 2.05) is 43.3 Å². The molecule has 0 fully saturated rings. The van der Waals surface area contributed by atoms with Gasteiger partial charge in [0.2, 0.25) is 15.9 Å². The van der Waals surface area contributed by atoms with Crippen molar-refractivity contribution in [1.82, 2.24) is 24.8 Å². The van der Waals surface area contributed by atoms with E-state index in [-0.39, 0.29) is 17.3 Å². The van der Waals surface area contributed by atoms with Crippen LogP contribution < -0.4 is 10.0 Å². The van der Waals surface area contributed by atoms with E-state index in [4.69, 9.17) is 0 Å². The van der Waals surface area contributed by atoms with Crippen molar-refractivity contribution in [2.45, 2.75) is 44.2 Å². The molecular formula is C22H27N5O3S. The van der Waals surface area contributed by atoms with Gasteiger partial charge in [-0.3, -0.25) is 9.48 Å². The minimum Gasteiger partial charge on any atom is -0.348 e. The van der Waals surface area contributed by atoms with Gasteiger partial charge in [0, 0.05) is 19.5 Å². The number of aryl methyl sites for hydroxylation is 3. The molecule has 0 spiro atoms. The Morgan fingerprint density at radius 3 is 2.58 bits per heavy atom. The number of nitrogens with one attached hydrogen (secondary N) is 2. The first-order valence-electron chi connectivity index (χ1n) is 10.1. The van der Waals surface area contributed by atoms with Crippen molar-refractivity contribution < 1.29 is 13.2 Å². The van der Waals surface area contributed by atoms with Crippen LogP contribution in [0.5, 0.6) is 0 Å². The van der Waals surface area contributed by atoms with Gasteiger partial charge in [-0.2, -0.15) is 5.10 Å². The summed E-state index contributed by atoms with van der Waals surface area (Å²) in [5.41, 5.74) is 2.51. The van der Waals surface area contributed by atoms with Crippen LogP contribution in [0.3, 0.4) is 0 Å². The zero-order valence-corrected chi connectivity index (χ0v) is 18.5. The lowest BCUT2D eigenvalue weighted by molar-refractivity contribution is -0.122. The highest BCUT2D eigenvalue weighted by Gasteiger charge is 2.21. The molecule has 31 heavy (non-hydrogen) atoms. The highest BCUT2D eigenvalue weighted by Crippen LogP contribution is 2.18. The van der Waals surface area contributed by atoms with Gasteiger partial charge >= 0.3 is 0 Å². The number of benzene rings is 2. The molecule has 1 aromatic heterocycles. The van der Waals surface area contributed by atoms with Crippen LogP contribution >= 0.6 is 0 Å². The SMILES string of the molecule is Cc1ccc(S(=O)(=O)NC[C@H](NC(=O)CCCn2cncn2)c2ccccc2)c(C)c1. The third kappa shape index (κ3) is 6.47. The zero-order chi connectivity index (χ0) is 22.3. The van der Waals surface area contributed by atoms with Crippen molar-refractivity contribution >= 4 is 15.9 Å². The summed E-state index contributed by atoms with van der Waals surface area (Å²) in [7, 11) is -3.71. The zero-order valence-electron chi connectivity index (χ0n) is 17.7. The van der Waals surface area contributed by atoms with Crippen molar-refractivity contribution in [2.24, 2.45) is 0 Å². The van der Waals surface area contributed by atoms with Crippen LogP contribution in [0.25, 0.3) is 0 Å². The van der Waals surface area contributed by atoms with Gasteiger partial charge in [-0.05, 0) is 37.5 Å². The molecule has 1 heterocycles. The van der Waals surface area contributed by atoms with Crippen LogP contribution in [0.15, 0.2) is 66.1 Å². The van der Waals surface area contributed by atoms with Gasteiger partial charge in [0.15, 0.2) is 0 Å². The van der Waals surface area contributed by atoms with Crippen LogP contribution in [0.2, 0.25) is 0 Å². The molecule has 3 rings (SSSR count). The van der Waals surface area contributed by atoms with Crippen molar-refractivity contribution in [3.63, 3.8) is 0 Å². The summed E-state index contributed by atoms with van der Waals surface area (Å²) < 4.78 is 30.0. The molecule has 0 unspecified atom stereocenters. The molecule has 0 aliphatic carbocycles. The molecule has 0 aliphatic rings. The predicted molar refractivity (Wildman–Crippen MR) is 118 cm³/mol. The van der Waals surface area contributed by atoms with Gasteiger partial charge < -0.3 is 5.32 Å². The molecule has 2 aromatic carbocycles. The average Bonchev–Trinajstić information content (AvgIpc) is 3.25. The second-order valence-electron chi connectivity index (χ2n) is 7.41. The monoisotopic (exact) mass is 441 g/mol. The van der Waals surface area contributed by atoms with E-state index >= 15 is 0 Å². The topological polar surface area (TPSA) is 106 Å². The van der Waals surface area contributed by atoms with Gasteiger partial charge in [-0.25, -0.2) is 18.1 Å². The summed E-state index contributed by atoms with van der Waals surface area (Å²) in [5.74, 6) is -0.153. The van der Waals surface area contributed by atoms with Crippen molar-refractivity contribution in [3.8, 4) is 0 Å². The molecule has 164 valence electrons. The Morgan fingerprint density at radius 2 is 1.90 bits per heavy atom. The molecule has 0 aliphatic heterocycles. The maximum atomic E-state index is 12.8. The first kappa shape index (κ1) is 22.6. The summed E-state index contributed by atoms with van der Waals surface area (Å²) in [5, 5.41) is 6.97. The molecule has 0 saturated carbocycles. The standard InChI is InChI=1S/C22H27N5O3S/c1-17-10-11-21(18(2)13-17)31(29,30)25-14-20(19-7-4-3-5-8-19)26-22(28)9-6-12-27-16-23-15-24-27/h3-5,7-8,10-11,13,15-16,20,25H,6,9,12,14H2,1-2H3,(H,26,28)/t20-/m0/s1. The first-order valence-corrected chi connectivity index (χ1v) is 11.6. The van der Waals surface area contributed by atoms with E-state index in [1.165, 1.54) is 6.33 Å². The number of rotatable bonds is 10. The van der Waals surface area contributed by atoms with E-state index in [0.717, 1.165) is 11.1 Å². The number of sulfonamides is 1. The molecule has 1 atom stereocenters. The molecule has 0 bridgehead atoms. The Hall–Kier alpha value is -3.04. The third-order valence-electron chi connectivity index (χ3n) is 4.89. The molecule has 0 radical (unpaired) electrons. The number of carbonyl (C=O) groups excluding carboxylic acids is 1. The molecular weight excluding hydrogens is 414 g/mol. The maximum absolute atomic E-state index is 12.8. The number of hydrogen-bond donors (Lipinski definition) is 2. The minimum atomic E-state index is -3.71. The summed E-state index contributed by atoms with van der Waals surface area (Å²) in [6.07, 6.45) is 3.96. The van der Waals surface area contributed by atoms with E-state index in [0.29, 0.717) is 24.9 Å². The van der Waals surface area contributed by atoms with Crippen LogP contribution in [0.4, 0.5) is 0 Å². The first-order chi connectivity index (χ1) is 14.8. The average molecular weight is 442 g/mol. The van der Waals surface area contributed by atoms with E-state index in [2.05, 4.69) is 20.1 Å². The fourth-order valence-electron chi connectivity index (χ4n) is 3.33. The van der Waals surface area contributed by atoms with Crippen LogP contribution in [-0.4, -0.2) is 35.6 Å². The van der Waals surface area contributed by atoms with Crippen LogP contribution in [-0.2, 0) is 21.4 Å². The van der Waals surface area contributed by atoms with Gasteiger partial charge in [-0.1, -0.05) is 48.0 Å². The Bertz CT molecular complexity index is 1100. The second kappa shape index (κ2) is 10.3. The number of amides is 1. The minimum absolute atomic E-state index is 0.0501. The van der Waals surface area contributed by atoms with Gasteiger partial charge in [-0.15, -0.1) is 0 Å². The summed E-state index contributed by atoms with van der Waals surface area (Å²) >= 11 is 0. The second-order valence-corrected chi connectivity index (χ2v) is 9.15. The van der Waals surface area contributed by atoms with Gasteiger partial charge in [0.25, 0.3) is 0 Å². The molecule has 1 amide bonds. The van der Waals surface area contributed by atoms with E-state index in [9.17, 15) is 13.2 Å². The molecule has 0 saturated heterocycles. The number of nitrogens with zero attached hydrogens (tertiary/aromatic N) is 3. The molecule has 9 heteroatoms. The number of carbonyl (C=O) groups is 1. The Labute approximate surface area is 182 Å². The molecule has 8 nitrogen and oxygen atoms in total. The largest absolute Gasteiger partial charge is 0.348 e. The fraction of sp³-hybridized carbons (Fsp3) is 0.318. The van der Waals surface area contributed by atoms with Crippen molar-refractivity contribution in [3.05, 3.63) is 77.9 Å². The van der Waals surface area contributed by atoms with Crippen LogP contribution in [0, 0.1) is 13.8 Å². The normalized spacial score (nSPS) is 12.5. The lowest BCUT2D eigenvalue weighted by Gasteiger charge is -2.20. The van der Waals surface area contributed by atoms with Gasteiger partial charge in [0.05, 0.1) is 10.9 Å². The predicted octanol–water partition coefficient (Wildman–Crippen LogP) is 2.51. The Kier molecular flexibility index (Phi) is 7.54. The molecule has 2 N–H and O–H groups in total. The molecule has 3 aromatic rings. The highest BCUT2D eigenvalue weighted by molar-refractivity contribution is 7.89. The number of hydrogen-bond acceptors (Lipinski definition) is 5.